The van der Waals surface area contributed by atoms with Gasteiger partial charge in [0, 0.05) is 5.69 Å². The maximum atomic E-state index is 12.1. The van der Waals surface area contributed by atoms with Crippen LogP contribution in [-0.4, -0.2) is 8.42 Å². The smallest absolute Gasteiger partial charge is 0.236 e. The average Bonchev–Trinajstić information content (AvgIpc) is 2.40. The van der Waals surface area contributed by atoms with Crippen molar-refractivity contribution in [1.29, 1.82) is 5.26 Å². The van der Waals surface area contributed by atoms with Crippen molar-refractivity contribution in [1.82, 2.24) is 0 Å². The standard InChI is InChI=1S/C14H12ClN3O2S/c15-13-7-10(8-16)4-5-14(13)18-21(19,20)9-11-2-1-3-12(17)6-11/h1-7,18H,9,17H2. The first kappa shape index (κ1) is 15.2. The number of rotatable bonds is 4. The van der Waals surface area contributed by atoms with Gasteiger partial charge in [-0.3, -0.25) is 4.72 Å². The molecule has 0 aliphatic heterocycles. The lowest BCUT2D eigenvalue weighted by atomic mass is 10.2. The topological polar surface area (TPSA) is 96.0 Å². The molecule has 0 unspecified atom stereocenters. The van der Waals surface area contributed by atoms with Crippen LogP contribution in [-0.2, 0) is 15.8 Å². The number of hydrogen-bond acceptors (Lipinski definition) is 4. The van der Waals surface area contributed by atoms with Crippen LogP contribution in [0.3, 0.4) is 0 Å². The Kier molecular flexibility index (Phi) is 4.36. The van der Waals surface area contributed by atoms with E-state index in [4.69, 9.17) is 22.6 Å². The molecule has 0 atom stereocenters. The molecule has 3 N–H and O–H groups in total. The number of sulfonamides is 1. The van der Waals surface area contributed by atoms with E-state index in [9.17, 15) is 8.42 Å². The third-order valence-corrected chi connectivity index (χ3v) is 4.23. The van der Waals surface area contributed by atoms with Gasteiger partial charge in [-0.15, -0.1) is 0 Å². The Hall–Kier alpha value is -2.23. The van der Waals surface area contributed by atoms with Crippen molar-refractivity contribution >= 4 is 33.0 Å². The Labute approximate surface area is 128 Å². The van der Waals surface area contributed by atoms with Crippen molar-refractivity contribution in [2.45, 2.75) is 5.75 Å². The molecule has 5 nitrogen and oxygen atoms in total. The molecule has 0 saturated heterocycles. The Morgan fingerprint density at radius 3 is 2.62 bits per heavy atom. The van der Waals surface area contributed by atoms with Gasteiger partial charge in [-0.25, -0.2) is 8.42 Å². The normalized spacial score (nSPS) is 10.9. The van der Waals surface area contributed by atoms with Crippen LogP contribution in [0.4, 0.5) is 11.4 Å². The molecule has 7 heteroatoms. The van der Waals surface area contributed by atoms with E-state index in [0.717, 1.165) is 0 Å². The molecule has 0 saturated carbocycles. The number of anilines is 2. The number of halogens is 1. The van der Waals surface area contributed by atoms with Crippen LogP contribution in [0.5, 0.6) is 0 Å². The van der Waals surface area contributed by atoms with Crippen LogP contribution in [0.25, 0.3) is 0 Å². The van der Waals surface area contributed by atoms with Crippen LogP contribution in [0.2, 0.25) is 5.02 Å². The zero-order valence-electron chi connectivity index (χ0n) is 10.9. The lowest BCUT2D eigenvalue weighted by Gasteiger charge is -2.10. The van der Waals surface area contributed by atoms with Crippen LogP contribution in [0.1, 0.15) is 11.1 Å². The summed E-state index contributed by atoms with van der Waals surface area (Å²) in [6.07, 6.45) is 0. The summed E-state index contributed by atoms with van der Waals surface area (Å²) in [7, 11) is -3.62. The minimum atomic E-state index is -3.62. The highest BCUT2D eigenvalue weighted by atomic mass is 35.5. The minimum Gasteiger partial charge on any atom is -0.399 e. The van der Waals surface area contributed by atoms with Gasteiger partial charge >= 0.3 is 0 Å². The monoisotopic (exact) mass is 321 g/mol. The van der Waals surface area contributed by atoms with Gasteiger partial charge in [0.1, 0.15) is 0 Å². The predicted octanol–water partition coefficient (Wildman–Crippen LogP) is 2.74. The van der Waals surface area contributed by atoms with Crippen molar-refractivity contribution in [3.63, 3.8) is 0 Å². The Morgan fingerprint density at radius 2 is 2.00 bits per heavy atom. The number of benzene rings is 2. The lowest BCUT2D eigenvalue weighted by molar-refractivity contribution is 0.600. The second-order valence-electron chi connectivity index (χ2n) is 4.41. The molecule has 0 fully saturated rings. The van der Waals surface area contributed by atoms with Gasteiger partial charge in [0.05, 0.1) is 28.1 Å². The maximum absolute atomic E-state index is 12.1. The molecule has 0 aliphatic rings. The van der Waals surface area contributed by atoms with E-state index in [0.29, 0.717) is 16.8 Å². The van der Waals surface area contributed by atoms with Crippen molar-refractivity contribution in [3.8, 4) is 6.07 Å². The van der Waals surface area contributed by atoms with Crippen molar-refractivity contribution in [2.75, 3.05) is 10.5 Å². The molecule has 0 radical (unpaired) electrons. The molecule has 0 aliphatic carbocycles. The highest BCUT2D eigenvalue weighted by molar-refractivity contribution is 7.91. The second-order valence-corrected chi connectivity index (χ2v) is 6.54. The quantitative estimate of drug-likeness (QED) is 0.846. The van der Waals surface area contributed by atoms with E-state index >= 15 is 0 Å². The summed E-state index contributed by atoms with van der Waals surface area (Å²) in [5, 5.41) is 8.92. The molecule has 0 heterocycles. The minimum absolute atomic E-state index is 0.171. The summed E-state index contributed by atoms with van der Waals surface area (Å²) in [5.74, 6) is -0.214. The van der Waals surface area contributed by atoms with Gasteiger partial charge in [0.15, 0.2) is 0 Å². The molecular weight excluding hydrogens is 310 g/mol. The number of nitriles is 1. The van der Waals surface area contributed by atoms with Crippen LogP contribution >= 0.6 is 11.6 Å². The van der Waals surface area contributed by atoms with Gasteiger partial charge in [0.25, 0.3) is 0 Å². The highest BCUT2D eigenvalue weighted by Gasteiger charge is 2.14. The molecule has 2 aromatic carbocycles. The van der Waals surface area contributed by atoms with E-state index in [1.54, 1.807) is 24.3 Å². The number of nitrogens with two attached hydrogens (primary N) is 1. The molecule has 2 aromatic rings. The van der Waals surface area contributed by atoms with Crippen LogP contribution < -0.4 is 10.5 Å². The average molecular weight is 322 g/mol. The van der Waals surface area contributed by atoms with Crippen molar-refractivity contribution in [3.05, 3.63) is 58.6 Å². The predicted molar refractivity (Wildman–Crippen MR) is 83.3 cm³/mol. The lowest BCUT2D eigenvalue weighted by Crippen LogP contribution is -2.15. The first-order valence-electron chi connectivity index (χ1n) is 5.94. The van der Waals surface area contributed by atoms with Gasteiger partial charge in [0.2, 0.25) is 10.0 Å². The molecule has 0 spiro atoms. The van der Waals surface area contributed by atoms with Gasteiger partial charge < -0.3 is 5.73 Å². The zero-order chi connectivity index (χ0) is 15.5. The summed E-state index contributed by atoms with van der Waals surface area (Å²) >= 11 is 5.94. The van der Waals surface area contributed by atoms with E-state index in [2.05, 4.69) is 4.72 Å². The van der Waals surface area contributed by atoms with Crippen LogP contribution in [0.15, 0.2) is 42.5 Å². The fourth-order valence-corrected chi connectivity index (χ4v) is 3.26. The molecule has 2 rings (SSSR count). The SMILES string of the molecule is N#Cc1ccc(NS(=O)(=O)Cc2cccc(N)c2)c(Cl)c1. The van der Waals surface area contributed by atoms with E-state index in [1.807, 2.05) is 6.07 Å². The number of nitrogens with one attached hydrogen (secondary N) is 1. The molecule has 0 amide bonds. The molecule has 0 aromatic heterocycles. The maximum Gasteiger partial charge on any atom is 0.236 e. The van der Waals surface area contributed by atoms with E-state index < -0.39 is 10.0 Å². The van der Waals surface area contributed by atoms with Gasteiger partial charge in [-0.2, -0.15) is 5.26 Å². The number of nitrogens with zero attached hydrogens (tertiary/aromatic N) is 1. The number of nitrogen functional groups attached to an aromatic ring is 1. The fourth-order valence-electron chi connectivity index (χ4n) is 1.77. The highest BCUT2D eigenvalue weighted by Crippen LogP contribution is 2.24. The summed E-state index contributed by atoms with van der Waals surface area (Å²) in [4.78, 5) is 0. The summed E-state index contributed by atoms with van der Waals surface area (Å²) < 4.78 is 26.6. The Morgan fingerprint density at radius 1 is 1.24 bits per heavy atom. The second kappa shape index (κ2) is 6.04. The van der Waals surface area contributed by atoms with Crippen LogP contribution in [0, 0.1) is 11.3 Å². The molecule has 0 bridgehead atoms. The Bertz CT molecular complexity index is 813. The molecule has 21 heavy (non-hydrogen) atoms. The van der Waals surface area contributed by atoms with Gasteiger partial charge in [-0.05, 0) is 35.9 Å². The van der Waals surface area contributed by atoms with Crippen molar-refractivity contribution in [2.24, 2.45) is 0 Å². The fraction of sp³-hybridized carbons (Fsp3) is 0.0714. The first-order chi connectivity index (χ1) is 9.89. The molecular formula is C14H12ClN3O2S. The third-order valence-electron chi connectivity index (χ3n) is 2.67. The van der Waals surface area contributed by atoms with E-state index in [1.165, 1.54) is 18.2 Å². The largest absolute Gasteiger partial charge is 0.399 e. The summed E-state index contributed by atoms with van der Waals surface area (Å²) in [6, 6.07) is 12.9. The Balaban J connectivity index is 2.20. The summed E-state index contributed by atoms with van der Waals surface area (Å²) in [6.45, 7) is 0. The number of hydrogen-bond donors (Lipinski definition) is 2. The van der Waals surface area contributed by atoms with E-state index in [-0.39, 0.29) is 16.5 Å². The van der Waals surface area contributed by atoms with Gasteiger partial charge in [-0.1, -0.05) is 23.7 Å². The molecule has 108 valence electrons. The first-order valence-corrected chi connectivity index (χ1v) is 7.97. The van der Waals surface area contributed by atoms with Crippen molar-refractivity contribution < 1.29 is 8.42 Å². The third kappa shape index (κ3) is 4.12. The summed E-state index contributed by atoms with van der Waals surface area (Å²) in [5.41, 5.74) is 7.29. The zero-order valence-corrected chi connectivity index (χ0v) is 12.4.